The molecule has 0 fully saturated rings. The van der Waals surface area contributed by atoms with Crippen LogP contribution in [0.15, 0.2) is 45.6 Å². The quantitative estimate of drug-likeness (QED) is 0.512. The second-order valence-electron chi connectivity index (χ2n) is 5.82. The van der Waals surface area contributed by atoms with Gasteiger partial charge < -0.3 is 34.3 Å². The van der Waals surface area contributed by atoms with E-state index >= 15 is 0 Å². The molecule has 1 aromatic heterocycles. The highest BCUT2D eigenvalue weighted by Gasteiger charge is 2.14. The van der Waals surface area contributed by atoms with Gasteiger partial charge in [0.1, 0.15) is 40.9 Å². The lowest BCUT2D eigenvalue weighted by Gasteiger charge is -2.11. The Hall–Kier alpha value is -3.23. The molecule has 0 aliphatic rings. The number of ether oxygens (including phenoxy) is 2. The van der Waals surface area contributed by atoms with E-state index in [0.29, 0.717) is 5.56 Å². The molecule has 0 spiro atoms. The average Bonchev–Trinajstić information content (AvgIpc) is 2.65. The molecule has 0 unspecified atom stereocenters. The fourth-order valence-electron chi connectivity index (χ4n) is 2.56. The highest BCUT2D eigenvalue weighted by molar-refractivity contribution is 5.86. The van der Waals surface area contributed by atoms with E-state index in [1.807, 2.05) is 0 Å². The van der Waals surface area contributed by atoms with E-state index in [9.17, 15) is 20.1 Å². The van der Waals surface area contributed by atoms with E-state index in [2.05, 4.69) is 0 Å². The molecule has 0 saturated heterocycles. The van der Waals surface area contributed by atoms with E-state index in [1.54, 1.807) is 6.07 Å². The van der Waals surface area contributed by atoms with Crippen molar-refractivity contribution in [2.45, 2.75) is 6.10 Å². The van der Waals surface area contributed by atoms with Gasteiger partial charge in [-0.15, -0.1) is 0 Å². The van der Waals surface area contributed by atoms with Gasteiger partial charge in [-0.3, -0.25) is 4.79 Å². The Bertz CT molecular complexity index is 1020. The van der Waals surface area contributed by atoms with Crippen molar-refractivity contribution in [3.8, 4) is 34.3 Å². The second kappa shape index (κ2) is 7.56. The van der Waals surface area contributed by atoms with Crippen molar-refractivity contribution in [3.05, 3.63) is 46.6 Å². The molecule has 8 nitrogen and oxygen atoms in total. The predicted molar refractivity (Wildman–Crippen MR) is 96.4 cm³/mol. The monoisotopic (exact) mass is 374 g/mol. The SMILES string of the molecule is COc1ccc(-c2cc(=O)c3c(O)cc(OC[C@H](O)CO)cc3o2)cc1O. The Labute approximate surface area is 153 Å². The first kappa shape index (κ1) is 18.6. The standard InChI is InChI=1S/C19H18O8/c1-25-16-3-2-10(4-13(16)22)17-7-15(24)19-14(23)5-12(6-18(19)27-17)26-9-11(21)8-20/h2-7,11,20-23H,8-9H2,1H3/t11-/m1/s1. The zero-order chi connectivity index (χ0) is 19.6. The van der Waals surface area contributed by atoms with Gasteiger partial charge in [0.25, 0.3) is 0 Å². The summed E-state index contributed by atoms with van der Waals surface area (Å²) in [6, 6.07) is 8.36. The summed E-state index contributed by atoms with van der Waals surface area (Å²) in [6.45, 7) is -0.669. The number of methoxy groups -OCH3 is 1. The smallest absolute Gasteiger partial charge is 0.197 e. The van der Waals surface area contributed by atoms with Crippen molar-refractivity contribution in [3.63, 3.8) is 0 Å². The number of hydrogen-bond donors (Lipinski definition) is 4. The van der Waals surface area contributed by atoms with E-state index in [1.165, 1.54) is 37.4 Å². The zero-order valence-corrected chi connectivity index (χ0v) is 14.4. The van der Waals surface area contributed by atoms with Gasteiger partial charge in [0.2, 0.25) is 0 Å². The minimum absolute atomic E-state index is 0.0217. The molecule has 8 heteroatoms. The molecule has 142 valence electrons. The van der Waals surface area contributed by atoms with Crippen LogP contribution in [0.25, 0.3) is 22.3 Å². The Balaban J connectivity index is 2.06. The van der Waals surface area contributed by atoms with Crippen LogP contribution < -0.4 is 14.9 Å². The van der Waals surface area contributed by atoms with Gasteiger partial charge in [0, 0.05) is 23.8 Å². The first-order chi connectivity index (χ1) is 12.9. The van der Waals surface area contributed by atoms with Crippen LogP contribution in [0.4, 0.5) is 0 Å². The molecule has 0 aliphatic carbocycles. The van der Waals surface area contributed by atoms with E-state index < -0.39 is 18.1 Å². The topological polar surface area (TPSA) is 130 Å². The number of aliphatic hydroxyl groups excluding tert-OH is 2. The molecule has 0 saturated carbocycles. The molecule has 0 bridgehead atoms. The summed E-state index contributed by atoms with van der Waals surface area (Å²) in [5, 5.41) is 38.2. The lowest BCUT2D eigenvalue weighted by atomic mass is 10.1. The van der Waals surface area contributed by atoms with Crippen LogP contribution in [-0.2, 0) is 0 Å². The summed E-state index contributed by atoms with van der Waals surface area (Å²) in [7, 11) is 1.42. The molecule has 0 aliphatic heterocycles. The molecule has 1 heterocycles. The molecule has 4 N–H and O–H groups in total. The van der Waals surface area contributed by atoms with Crippen LogP contribution in [0.2, 0.25) is 0 Å². The normalized spacial score (nSPS) is 12.1. The van der Waals surface area contributed by atoms with Gasteiger partial charge in [0.15, 0.2) is 16.9 Å². The average molecular weight is 374 g/mol. The van der Waals surface area contributed by atoms with Crippen molar-refractivity contribution < 1.29 is 34.3 Å². The fraction of sp³-hybridized carbons (Fsp3) is 0.211. The fourth-order valence-corrected chi connectivity index (χ4v) is 2.56. The number of benzene rings is 2. The summed E-state index contributed by atoms with van der Waals surface area (Å²) < 4.78 is 16.0. The number of fused-ring (bicyclic) bond motifs is 1. The summed E-state index contributed by atoms with van der Waals surface area (Å²) in [6.07, 6.45) is -1.08. The highest BCUT2D eigenvalue weighted by Crippen LogP contribution is 2.34. The molecular formula is C19H18O8. The Morgan fingerprint density at radius 1 is 1.11 bits per heavy atom. The molecule has 0 amide bonds. The lowest BCUT2D eigenvalue weighted by Crippen LogP contribution is -2.21. The summed E-state index contributed by atoms with van der Waals surface area (Å²) in [4.78, 5) is 12.4. The van der Waals surface area contributed by atoms with Crippen LogP contribution in [0, 0.1) is 0 Å². The van der Waals surface area contributed by atoms with Crippen LogP contribution in [0.3, 0.4) is 0 Å². The van der Waals surface area contributed by atoms with Crippen molar-refractivity contribution in [1.82, 2.24) is 0 Å². The number of phenolic OH excluding ortho intramolecular Hbond substituents is 2. The van der Waals surface area contributed by atoms with Crippen molar-refractivity contribution in [2.75, 3.05) is 20.3 Å². The Kier molecular flexibility index (Phi) is 5.20. The van der Waals surface area contributed by atoms with Gasteiger partial charge in [-0.25, -0.2) is 0 Å². The van der Waals surface area contributed by atoms with Gasteiger partial charge in [-0.1, -0.05) is 0 Å². The predicted octanol–water partition coefficient (Wildman–Crippen LogP) is 1.61. The third-order valence-electron chi connectivity index (χ3n) is 3.90. The molecule has 1 atom stereocenters. The van der Waals surface area contributed by atoms with Crippen LogP contribution in [-0.4, -0.2) is 46.9 Å². The van der Waals surface area contributed by atoms with Crippen molar-refractivity contribution in [1.29, 1.82) is 0 Å². The van der Waals surface area contributed by atoms with E-state index in [4.69, 9.17) is 19.0 Å². The minimum Gasteiger partial charge on any atom is -0.507 e. The van der Waals surface area contributed by atoms with E-state index in [-0.39, 0.29) is 46.3 Å². The van der Waals surface area contributed by atoms with Crippen LogP contribution in [0.1, 0.15) is 0 Å². The van der Waals surface area contributed by atoms with E-state index in [0.717, 1.165) is 0 Å². The maximum absolute atomic E-state index is 12.4. The first-order valence-corrected chi connectivity index (χ1v) is 8.03. The van der Waals surface area contributed by atoms with Crippen molar-refractivity contribution >= 4 is 11.0 Å². The van der Waals surface area contributed by atoms with Gasteiger partial charge in [0.05, 0.1) is 13.7 Å². The molecule has 0 radical (unpaired) electrons. The molecule has 3 rings (SSSR count). The Morgan fingerprint density at radius 2 is 1.89 bits per heavy atom. The summed E-state index contributed by atoms with van der Waals surface area (Å²) >= 11 is 0. The zero-order valence-electron chi connectivity index (χ0n) is 14.4. The van der Waals surface area contributed by atoms with Gasteiger partial charge in [-0.05, 0) is 18.2 Å². The number of phenols is 2. The Morgan fingerprint density at radius 3 is 2.56 bits per heavy atom. The van der Waals surface area contributed by atoms with Crippen LogP contribution >= 0.6 is 0 Å². The maximum atomic E-state index is 12.4. The number of rotatable bonds is 6. The minimum atomic E-state index is -1.08. The maximum Gasteiger partial charge on any atom is 0.197 e. The van der Waals surface area contributed by atoms with Gasteiger partial charge >= 0.3 is 0 Å². The second-order valence-corrected chi connectivity index (χ2v) is 5.82. The number of aliphatic hydroxyl groups is 2. The third kappa shape index (κ3) is 3.81. The third-order valence-corrected chi connectivity index (χ3v) is 3.90. The molecular weight excluding hydrogens is 356 g/mol. The molecule has 27 heavy (non-hydrogen) atoms. The van der Waals surface area contributed by atoms with Crippen molar-refractivity contribution in [2.24, 2.45) is 0 Å². The lowest BCUT2D eigenvalue weighted by molar-refractivity contribution is 0.0535. The van der Waals surface area contributed by atoms with Crippen LogP contribution in [0.5, 0.6) is 23.0 Å². The highest BCUT2D eigenvalue weighted by atomic mass is 16.5. The summed E-state index contributed by atoms with van der Waals surface area (Å²) in [5.74, 6) is 0.162. The number of hydrogen-bond acceptors (Lipinski definition) is 8. The summed E-state index contributed by atoms with van der Waals surface area (Å²) in [5.41, 5.74) is 0.0381. The number of aromatic hydroxyl groups is 2. The molecule has 3 aromatic rings. The largest absolute Gasteiger partial charge is 0.507 e. The first-order valence-electron chi connectivity index (χ1n) is 8.03. The van der Waals surface area contributed by atoms with Gasteiger partial charge in [-0.2, -0.15) is 0 Å². The molecule has 2 aromatic carbocycles.